The van der Waals surface area contributed by atoms with Gasteiger partial charge in [0.15, 0.2) is 5.17 Å². The van der Waals surface area contributed by atoms with Crippen LogP contribution in [0.15, 0.2) is 47.5 Å². The van der Waals surface area contributed by atoms with Crippen LogP contribution in [0, 0.1) is 5.82 Å². The van der Waals surface area contributed by atoms with Gasteiger partial charge in [-0.2, -0.15) is 0 Å². The standard InChI is InChI=1S/C18H15ClFN3O3S/c1-26-12-4-2-3-10(7-12)21-16(24)9-15-17(25)23-18(27-15)22-11-5-6-14(20)13(19)8-11/h2-8,15H,9H2,1H3,(H,21,24)(H,22,23,25)/t15-/m1/s1. The first-order valence-electron chi connectivity index (χ1n) is 7.90. The molecule has 0 aliphatic carbocycles. The molecule has 2 amide bonds. The molecule has 0 bridgehead atoms. The first kappa shape index (κ1) is 19.2. The molecule has 6 nitrogen and oxygen atoms in total. The lowest BCUT2D eigenvalue weighted by Gasteiger charge is -2.08. The topological polar surface area (TPSA) is 79.8 Å². The number of halogens is 2. The number of carbonyl (C=O) groups is 2. The number of carbonyl (C=O) groups excluding carboxylic acids is 2. The van der Waals surface area contributed by atoms with E-state index in [2.05, 4.69) is 15.6 Å². The molecule has 27 heavy (non-hydrogen) atoms. The first-order valence-corrected chi connectivity index (χ1v) is 9.15. The van der Waals surface area contributed by atoms with E-state index in [0.29, 0.717) is 22.3 Å². The molecule has 1 aliphatic rings. The molecule has 0 spiro atoms. The molecule has 0 unspecified atom stereocenters. The van der Waals surface area contributed by atoms with E-state index in [0.717, 1.165) is 11.8 Å². The minimum atomic E-state index is -0.606. The highest BCUT2D eigenvalue weighted by Gasteiger charge is 2.32. The summed E-state index contributed by atoms with van der Waals surface area (Å²) in [5.74, 6) is -0.543. The number of anilines is 1. The lowest BCUT2D eigenvalue weighted by Crippen LogP contribution is -2.28. The second-order valence-electron chi connectivity index (χ2n) is 5.60. The van der Waals surface area contributed by atoms with Crippen LogP contribution >= 0.6 is 23.4 Å². The molecule has 1 atom stereocenters. The number of thioether (sulfide) groups is 1. The molecule has 0 aromatic heterocycles. The van der Waals surface area contributed by atoms with Crippen LogP contribution in [0.5, 0.6) is 5.75 Å². The van der Waals surface area contributed by atoms with E-state index in [9.17, 15) is 14.0 Å². The monoisotopic (exact) mass is 407 g/mol. The van der Waals surface area contributed by atoms with Crippen LogP contribution < -0.4 is 15.4 Å². The number of amidine groups is 1. The van der Waals surface area contributed by atoms with E-state index in [1.807, 2.05) is 0 Å². The van der Waals surface area contributed by atoms with Crippen LogP contribution in [0.4, 0.5) is 15.8 Å². The zero-order chi connectivity index (χ0) is 19.4. The number of benzene rings is 2. The Labute approximate surface area is 164 Å². The predicted octanol–water partition coefficient (Wildman–Crippen LogP) is 3.74. The molecule has 1 saturated heterocycles. The van der Waals surface area contributed by atoms with Crippen LogP contribution in [0.25, 0.3) is 0 Å². The molecular formula is C18H15ClFN3O3S. The summed E-state index contributed by atoms with van der Waals surface area (Å²) in [5.41, 5.74) is 0.989. The largest absolute Gasteiger partial charge is 0.497 e. The second-order valence-corrected chi connectivity index (χ2v) is 7.19. The summed E-state index contributed by atoms with van der Waals surface area (Å²) in [6.45, 7) is 0. The van der Waals surface area contributed by atoms with Crippen molar-refractivity contribution in [1.82, 2.24) is 5.32 Å². The van der Waals surface area contributed by atoms with Crippen molar-refractivity contribution in [2.45, 2.75) is 11.7 Å². The van der Waals surface area contributed by atoms with E-state index >= 15 is 0 Å². The molecule has 0 radical (unpaired) electrons. The molecule has 2 aromatic rings. The summed E-state index contributed by atoms with van der Waals surface area (Å²) in [4.78, 5) is 28.5. The lowest BCUT2D eigenvalue weighted by molar-refractivity contribution is -0.122. The Morgan fingerprint density at radius 3 is 2.93 bits per heavy atom. The van der Waals surface area contributed by atoms with E-state index in [-0.39, 0.29) is 23.3 Å². The summed E-state index contributed by atoms with van der Waals surface area (Å²) in [6.07, 6.45) is -0.0170. The normalized spacial score (nSPS) is 17.7. The SMILES string of the molecule is COc1cccc(NC(=O)C[C@H]2SC(=Nc3ccc(F)c(Cl)c3)NC2=O)c1. The number of hydrogen-bond acceptors (Lipinski definition) is 5. The predicted molar refractivity (Wildman–Crippen MR) is 104 cm³/mol. The number of ether oxygens (including phenoxy) is 1. The van der Waals surface area contributed by atoms with Crippen molar-refractivity contribution in [2.24, 2.45) is 4.99 Å². The van der Waals surface area contributed by atoms with Gasteiger partial charge in [-0.1, -0.05) is 29.4 Å². The number of aliphatic imine (C=N–C) groups is 1. The van der Waals surface area contributed by atoms with Crippen LogP contribution in [0.2, 0.25) is 5.02 Å². The van der Waals surface area contributed by atoms with Crippen molar-refractivity contribution in [3.8, 4) is 5.75 Å². The maximum Gasteiger partial charge on any atom is 0.240 e. The molecule has 1 fully saturated rings. The van der Waals surface area contributed by atoms with Gasteiger partial charge in [0, 0.05) is 18.2 Å². The van der Waals surface area contributed by atoms with Gasteiger partial charge < -0.3 is 15.4 Å². The number of nitrogens with one attached hydrogen (secondary N) is 2. The molecule has 0 saturated carbocycles. The highest BCUT2D eigenvalue weighted by Crippen LogP contribution is 2.27. The molecule has 9 heteroatoms. The highest BCUT2D eigenvalue weighted by molar-refractivity contribution is 8.15. The third-order valence-corrected chi connectivity index (χ3v) is 5.01. The molecule has 140 valence electrons. The van der Waals surface area contributed by atoms with Gasteiger partial charge in [-0.05, 0) is 30.3 Å². The van der Waals surface area contributed by atoms with E-state index < -0.39 is 11.1 Å². The number of methoxy groups -OCH3 is 1. The zero-order valence-corrected chi connectivity index (χ0v) is 15.7. The Morgan fingerprint density at radius 1 is 1.37 bits per heavy atom. The molecular weight excluding hydrogens is 393 g/mol. The van der Waals surface area contributed by atoms with Crippen molar-refractivity contribution in [2.75, 3.05) is 12.4 Å². The Kier molecular flexibility index (Phi) is 5.98. The minimum absolute atomic E-state index is 0.0170. The highest BCUT2D eigenvalue weighted by atomic mass is 35.5. The summed E-state index contributed by atoms with van der Waals surface area (Å²) in [7, 11) is 1.54. The molecule has 2 aromatic carbocycles. The third-order valence-electron chi connectivity index (χ3n) is 3.63. The van der Waals surface area contributed by atoms with Gasteiger partial charge in [-0.3, -0.25) is 9.59 Å². The molecule has 1 aliphatic heterocycles. The van der Waals surface area contributed by atoms with Crippen molar-refractivity contribution in [1.29, 1.82) is 0 Å². The fourth-order valence-electron chi connectivity index (χ4n) is 2.35. The number of hydrogen-bond donors (Lipinski definition) is 2. The maximum atomic E-state index is 13.2. The summed E-state index contributed by atoms with van der Waals surface area (Å²) in [6, 6.07) is 10.9. The minimum Gasteiger partial charge on any atom is -0.497 e. The van der Waals surface area contributed by atoms with E-state index in [1.54, 1.807) is 24.3 Å². The van der Waals surface area contributed by atoms with Crippen molar-refractivity contribution in [3.63, 3.8) is 0 Å². The van der Waals surface area contributed by atoms with Gasteiger partial charge in [0.1, 0.15) is 16.8 Å². The number of nitrogens with zero attached hydrogens (tertiary/aromatic N) is 1. The third kappa shape index (κ3) is 4.99. The average molecular weight is 408 g/mol. The smallest absolute Gasteiger partial charge is 0.240 e. The second kappa shape index (κ2) is 8.41. The van der Waals surface area contributed by atoms with Gasteiger partial charge in [0.25, 0.3) is 0 Å². The Hall–Kier alpha value is -2.58. The van der Waals surface area contributed by atoms with E-state index in [1.165, 1.54) is 25.3 Å². The summed E-state index contributed by atoms with van der Waals surface area (Å²) < 4.78 is 18.3. The Bertz CT molecular complexity index is 922. The van der Waals surface area contributed by atoms with Gasteiger partial charge >= 0.3 is 0 Å². The van der Waals surface area contributed by atoms with Gasteiger partial charge in [0.05, 0.1) is 17.8 Å². The van der Waals surface area contributed by atoms with Crippen molar-refractivity contribution < 1.29 is 18.7 Å². The summed E-state index contributed by atoms with van der Waals surface area (Å²) in [5, 5.41) is 5.02. The number of amides is 2. The fourth-order valence-corrected chi connectivity index (χ4v) is 3.51. The molecule has 1 heterocycles. The Balaban J connectivity index is 1.62. The van der Waals surface area contributed by atoms with Crippen LogP contribution in [-0.4, -0.2) is 29.3 Å². The lowest BCUT2D eigenvalue weighted by atomic mass is 10.2. The van der Waals surface area contributed by atoms with Crippen LogP contribution in [-0.2, 0) is 9.59 Å². The average Bonchev–Trinajstić information content (AvgIpc) is 2.97. The molecule has 2 N–H and O–H groups in total. The number of rotatable bonds is 5. The quantitative estimate of drug-likeness (QED) is 0.791. The summed E-state index contributed by atoms with van der Waals surface area (Å²) >= 11 is 6.86. The van der Waals surface area contributed by atoms with Gasteiger partial charge in [0.2, 0.25) is 11.8 Å². The van der Waals surface area contributed by atoms with Gasteiger partial charge in [-0.15, -0.1) is 0 Å². The maximum absolute atomic E-state index is 13.2. The Morgan fingerprint density at radius 2 is 2.19 bits per heavy atom. The van der Waals surface area contributed by atoms with Crippen molar-refractivity contribution in [3.05, 3.63) is 53.3 Å². The first-order chi connectivity index (χ1) is 12.9. The van der Waals surface area contributed by atoms with Gasteiger partial charge in [-0.25, -0.2) is 9.38 Å². The van der Waals surface area contributed by atoms with Crippen LogP contribution in [0.3, 0.4) is 0 Å². The van der Waals surface area contributed by atoms with E-state index in [4.69, 9.17) is 16.3 Å². The van der Waals surface area contributed by atoms with Crippen molar-refractivity contribution >= 4 is 51.7 Å². The fraction of sp³-hybridized carbons (Fsp3) is 0.167. The van der Waals surface area contributed by atoms with Crippen LogP contribution in [0.1, 0.15) is 6.42 Å². The zero-order valence-electron chi connectivity index (χ0n) is 14.2. The molecule has 3 rings (SSSR count).